The maximum Gasteiger partial charge on any atom is 0.318 e. The minimum atomic E-state index is -0.0129. The molecule has 1 heterocycles. The minimum absolute atomic E-state index is 0.0129. The smallest absolute Gasteiger partial charge is 0.318 e. The molecule has 19 heavy (non-hydrogen) atoms. The quantitative estimate of drug-likeness (QED) is 0.842. The molecular weight excluding hydrogens is 242 g/mol. The molecule has 0 radical (unpaired) electrons. The number of hydrogen-bond donors (Lipinski definition) is 2. The van der Waals surface area contributed by atoms with Gasteiger partial charge in [0.25, 0.3) is 0 Å². The molecular formula is C14H21N3O2. The van der Waals surface area contributed by atoms with Crippen LogP contribution >= 0.6 is 0 Å². The van der Waals surface area contributed by atoms with Crippen molar-refractivity contribution in [2.24, 2.45) is 11.7 Å². The number of carbonyl (C=O) groups is 1. The maximum absolute atomic E-state index is 11.9. The van der Waals surface area contributed by atoms with E-state index in [4.69, 9.17) is 10.5 Å². The standard InChI is InChI=1S/C14H21N3O2/c1-10(7-15)8-17-9-13(16-14(17)18)11-3-5-12(19-2)6-4-11/h3-6,10,13H,7-9,15H2,1-2H3,(H,16,18). The van der Waals surface area contributed by atoms with Gasteiger partial charge < -0.3 is 20.7 Å². The molecule has 1 aromatic rings. The van der Waals surface area contributed by atoms with E-state index in [0.717, 1.165) is 11.3 Å². The van der Waals surface area contributed by atoms with Gasteiger partial charge in [0.2, 0.25) is 0 Å². The average molecular weight is 263 g/mol. The van der Waals surface area contributed by atoms with E-state index < -0.39 is 0 Å². The molecule has 2 rings (SSSR count). The zero-order valence-corrected chi connectivity index (χ0v) is 11.4. The molecule has 2 unspecified atom stereocenters. The number of hydrogen-bond acceptors (Lipinski definition) is 3. The van der Waals surface area contributed by atoms with Crippen LogP contribution in [0.1, 0.15) is 18.5 Å². The number of urea groups is 1. The van der Waals surface area contributed by atoms with Gasteiger partial charge in [0, 0.05) is 13.1 Å². The Morgan fingerprint density at radius 3 is 2.74 bits per heavy atom. The number of rotatable bonds is 5. The predicted molar refractivity (Wildman–Crippen MR) is 74.1 cm³/mol. The van der Waals surface area contributed by atoms with E-state index in [1.807, 2.05) is 36.1 Å². The van der Waals surface area contributed by atoms with Crippen molar-refractivity contribution < 1.29 is 9.53 Å². The summed E-state index contributed by atoms with van der Waals surface area (Å²) in [7, 11) is 1.64. The van der Waals surface area contributed by atoms with Crippen LogP contribution < -0.4 is 15.8 Å². The third-order valence-corrected chi connectivity index (χ3v) is 3.44. The Bertz CT molecular complexity index is 433. The number of nitrogens with zero attached hydrogens (tertiary/aromatic N) is 1. The fourth-order valence-corrected chi connectivity index (χ4v) is 2.22. The van der Waals surface area contributed by atoms with Gasteiger partial charge in [0.15, 0.2) is 0 Å². The lowest BCUT2D eigenvalue weighted by Crippen LogP contribution is -2.34. The summed E-state index contributed by atoms with van der Waals surface area (Å²) in [5.74, 6) is 1.14. The molecule has 1 aliphatic heterocycles. The molecule has 1 aromatic carbocycles. The van der Waals surface area contributed by atoms with Gasteiger partial charge in [0.1, 0.15) is 5.75 Å². The van der Waals surface area contributed by atoms with Crippen LogP contribution in [0, 0.1) is 5.92 Å². The lowest BCUT2D eigenvalue weighted by Gasteiger charge is -2.18. The molecule has 3 N–H and O–H groups in total. The molecule has 2 amide bonds. The van der Waals surface area contributed by atoms with E-state index in [0.29, 0.717) is 25.6 Å². The van der Waals surface area contributed by atoms with Gasteiger partial charge in [0.05, 0.1) is 13.2 Å². The van der Waals surface area contributed by atoms with Crippen molar-refractivity contribution in [2.45, 2.75) is 13.0 Å². The summed E-state index contributed by atoms with van der Waals surface area (Å²) in [4.78, 5) is 13.7. The Hall–Kier alpha value is -1.75. The van der Waals surface area contributed by atoms with Crippen molar-refractivity contribution in [3.63, 3.8) is 0 Å². The van der Waals surface area contributed by atoms with Crippen LogP contribution in [0.25, 0.3) is 0 Å². The molecule has 2 atom stereocenters. The van der Waals surface area contributed by atoms with Crippen molar-refractivity contribution in [1.82, 2.24) is 10.2 Å². The number of nitrogens with one attached hydrogen (secondary N) is 1. The van der Waals surface area contributed by atoms with Crippen molar-refractivity contribution in [3.8, 4) is 5.75 Å². The van der Waals surface area contributed by atoms with Gasteiger partial charge in [-0.2, -0.15) is 0 Å². The van der Waals surface area contributed by atoms with Crippen LogP contribution in [0.15, 0.2) is 24.3 Å². The van der Waals surface area contributed by atoms with Crippen molar-refractivity contribution in [2.75, 3.05) is 26.7 Å². The molecule has 5 nitrogen and oxygen atoms in total. The highest BCUT2D eigenvalue weighted by atomic mass is 16.5. The van der Waals surface area contributed by atoms with E-state index in [1.165, 1.54) is 0 Å². The number of benzene rings is 1. The molecule has 0 aromatic heterocycles. The highest BCUT2D eigenvalue weighted by molar-refractivity contribution is 5.77. The third kappa shape index (κ3) is 3.17. The second kappa shape index (κ2) is 5.93. The van der Waals surface area contributed by atoms with Crippen LogP contribution in [0.3, 0.4) is 0 Å². The van der Waals surface area contributed by atoms with E-state index >= 15 is 0 Å². The molecule has 1 aliphatic rings. The average Bonchev–Trinajstić information content (AvgIpc) is 2.80. The Morgan fingerprint density at radius 1 is 1.47 bits per heavy atom. The molecule has 0 saturated carbocycles. The first-order chi connectivity index (χ1) is 9.13. The fourth-order valence-electron chi connectivity index (χ4n) is 2.22. The Kier molecular flexibility index (Phi) is 4.27. The van der Waals surface area contributed by atoms with Crippen molar-refractivity contribution in [3.05, 3.63) is 29.8 Å². The summed E-state index contributed by atoms with van der Waals surface area (Å²) in [5, 5.41) is 2.99. The first-order valence-electron chi connectivity index (χ1n) is 6.53. The largest absolute Gasteiger partial charge is 0.497 e. The normalized spacial score (nSPS) is 20.3. The second-order valence-electron chi connectivity index (χ2n) is 5.02. The molecule has 1 saturated heterocycles. The molecule has 0 bridgehead atoms. The number of methoxy groups -OCH3 is 1. The zero-order chi connectivity index (χ0) is 13.8. The summed E-state index contributed by atoms with van der Waals surface area (Å²) in [6.07, 6.45) is 0. The molecule has 0 spiro atoms. The fraction of sp³-hybridized carbons (Fsp3) is 0.500. The van der Waals surface area contributed by atoms with Crippen LogP contribution in [0.4, 0.5) is 4.79 Å². The van der Waals surface area contributed by atoms with Crippen LogP contribution in [0.2, 0.25) is 0 Å². The van der Waals surface area contributed by atoms with E-state index in [2.05, 4.69) is 5.32 Å². The zero-order valence-electron chi connectivity index (χ0n) is 11.4. The maximum atomic E-state index is 11.9. The van der Waals surface area contributed by atoms with Crippen molar-refractivity contribution in [1.29, 1.82) is 0 Å². The summed E-state index contributed by atoms with van der Waals surface area (Å²) >= 11 is 0. The third-order valence-electron chi connectivity index (χ3n) is 3.44. The van der Waals surface area contributed by atoms with Crippen molar-refractivity contribution >= 4 is 6.03 Å². The Balaban J connectivity index is 2.01. The van der Waals surface area contributed by atoms with E-state index in [9.17, 15) is 4.79 Å². The van der Waals surface area contributed by atoms with Gasteiger partial charge in [-0.15, -0.1) is 0 Å². The van der Waals surface area contributed by atoms with Crippen LogP contribution in [0.5, 0.6) is 5.75 Å². The first-order valence-corrected chi connectivity index (χ1v) is 6.53. The monoisotopic (exact) mass is 263 g/mol. The summed E-state index contributed by atoms with van der Waals surface area (Å²) in [6, 6.07) is 7.82. The van der Waals surface area contributed by atoms with E-state index in [1.54, 1.807) is 7.11 Å². The van der Waals surface area contributed by atoms with Gasteiger partial charge in [-0.25, -0.2) is 4.79 Å². The second-order valence-corrected chi connectivity index (χ2v) is 5.02. The Labute approximate surface area is 113 Å². The minimum Gasteiger partial charge on any atom is -0.497 e. The summed E-state index contributed by atoms with van der Waals surface area (Å²) in [6.45, 7) is 4.04. The lowest BCUT2D eigenvalue weighted by molar-refractivity contribution is 0.211. The molecule has 1 fully saturated rings. The number of nitrogens with two attached hydrogens (primary N) is 1. The van der Waals surface area contributed by atoms with Crippen LogP contribution in [-0.2, 0) is 0 Å². The first kappa shape index (κ1) is 13.7. The predicted octanol–water partition coefficient (Wildman–Crippen LogP) is 1.36. The molecule has 0 aliphatic carbocycles. The number of ether oxygens (including phenoxy) is 1. The van der Waals surface area contributed by atoms with Gasteiger partial charge in [-0.3, -0.25) is 0 Å². The highest BCUT2D eigenvalue weighted by Crippen LogP contribution is 2.23. The molecule has 104 valence electrons. The van der Waals surface area contributed by atoms with Gasteiger partial charge in [-0.05, 0) is 30.2 Å². The van der Waals surface area contributed by atoms with Gasteiger partial charge in [-0.1, -0.05) is 19.1 Å². The summed E-state index contributed by atoms with van der Waals surface area (Å²) in [5.41, 5.74) is 6.70. The van der Waals surface area contributed by atoms with Crippen LogP contribution in [-0.4, -0.2) is 37.7 Å². The Morgan fingerprint density at radius 2 is 2.16 bits per heavy atom. The highest BCUT2D eigenvalue weighted by Gasteiger charge is 2.30. The SMILES string of the molecule is COc1ccc(C2CN(CC(C)CN)C(=O)N2)cc1. The number of carbonyl (C=O) groups excluding carboxylic acids is 1. The number of amides is 2. The topological polar surface area (TPSA) is 67.6 Å². The van der Waals surface area contributed by atoms with E-state index in [-0.39, 0.29) is 12.1 Å². The summed E-state index contributed by atoms with van der Waals surface area (Å²) < 4.78 is 5.13. The van der Waals surface area contributed by atoms with Gasteiger partial charge >= 0.3 is 6.03 Å². The molecule has 5 heteroatoms. The lowest BCUT2D eigenvalue weighted by atomic mass is 10.1.